The van der Waals surface area contributed by atoms with E-state index in [-0.39, 0.29) is 0 Å². The molecule has 0 fully saturated rings. The molecule has 74 valence electrons. The predicted octanol–water partition coefficient (Wildman–Crippen LogP) is 2.59. The molecule has 0 bridgehead atoms. The van der Waals surface area contributed by atoms with Gasteiger partial charge in [0.1, 0.15) is 0 Å². The lowest BCUT2D eigenvalue weighted by atomic mass is 9.90. The lowest BCUT2D eigenvalue weighted by Crippen LogP contribution is -2.18. The van der Waals surface area contributed by atoms with Gasteiger partial charge in [0, 0.05) is 18.0 Å². The molecule has 1 aromatic rings. The van der Waals surface area contributed by atoms with Gasteiger partial charge in [0.05, 0.1) is 7.11 Å². The van der Waals surface area contributed by atoms with E-state index in [0.717, 1.165) is 24.4 Å². The molecule has 2 rings (SSSR count). The van der Waals surface area contributed by atoms with Gasteiger partial charge in [-0.2, -0.15) is 0 Å². The van der Waals surface area contributed by atoms with Crippen LogP contribution in [0.3, 0.4) is 0 Å². The lowest BCUT2D eigenvalue weighted by Gasteiger charge is -2.22. The summed E-state index contributed by atoms with van der Waals surface area (Å²) >= 11 is 0. The highest BCUT2D eigenvalue weighted by atomic mass is 16.5. The average Bonchev–Trinajstić information content (AvgIpc) is 2.27. The Labute approximate surface area is 84.6 Å². The Hall–Kier alpha value is -1.31. The van der Waals surface area contributed by atoms with Crippen molar-refractivity contribution in [1.29, 1.82) is 0 Å². The first-order valence-electron chi connectivity index (χ1n) is 5.04. The van der Waals surface area contributed by atoms with Crippen molar-refractivity contribution in [2.45, 2.75) is 19.3 Å². The van der Waals surface area contributed by atoms with Gasteiger partial charge in [0.15, 0.2) is 0 Å². The molecule has 1 heterocycles. The maximum absolute atomic E-state index is 5.26. The molecular formula is C12H15NO. The Balaban J connectivity index is 2.47. The number of methoxy groups -OCH3 is 1. The van der Waals surface area contributed by atoms with Crippen LogP contribution in [0.25, 0.3) is 0 Å². The van der Waals surface area contributed by atoms with Gasteiger partial charge in [-0.3, -0.25) is 4.99 Å². The summed E-state index contributed by atoms with van der Waals surface area (Å²) in [5.41, 5.74) is 2.54. The summed E-state index contributed by atoms with van der Waals surface area (Å²) in [4.78, 5) is 4.44. The van der Waals surface area contributed by atoms with Gasteiger partial charge in [-0.25, -0.2) is 0 Å². The van der Waals surface area contributed by atoms with E-state index >= 15 is 0 Å². The standard InChI is InChI=1S/C12H15NO/c1-3-9-8-13-12(14-2)11-7-5-4-6-10(9)11/h4-7,9H,3,8H2,1-2H3. The number of hydrogen-bond donors (Lipinski definition) is 0. The van der Waals surface area contributed by atoms with E-state index < -0.39 is 0 Å². The van der Waals surface area contributed by atoms with Crippen LogP contribution in [0, 0.1) is 0 Å². The predicted molar refractivity (Wildman–Crippen MR) is 57.9 cm³/mol. The summed E-state index contributed by atoms with van der Waals surface area (Å²) < 4.78 is 5.26. The van der Waals surface area contributed by atoms with Crippen LogP contribution in [0.2, 0.25) is 0 Å². The van der Waals surface area contributed by atoms with Crippen molar-refractivity contribution < 1.29 is 4.74 Å². The van der Waals surface area contributed by atoms with Crippen molar-refractivity contribution >= 4 is 5.90 Å². The van der Waals surface area contributed by atoms with Crippen LogP contribution in [-0.4, -0.2) is 19.6 Å². The zero-order valence-electron chi connectivity index (χ0n) is 8.66. The first-order chi connectivity index (χ1) is 6.86. The van der Waals surface area contributed by atoms with Crippen LogP contribution >= 0.6 is 0 Å². The van der Waals surface area contributed by atoms with E-state index in [4.69, 9.17) is 4.74 Å². The fourth-order valence-electron chi connectivity index (χ4n) is 1.95. The third-order valence-corrected chi connectivity index (χ3v) is 2.77. The quantitative estimate of drug-likeness (QED) is 0.665. The van der Waals surface area contributed by atoms with Crippen molar-refractivity contribution in [1.82, 2.24) is 0 Å². The van der Waals surface area contributed by atoms with Crippen molar-refractivity contribution in [3.8, 4) is 0 Å². The zero-order chi connectivity index (χ0) is 9.97. The molecule has 2 heteroatoms. The molecule has 0 radical (unpaired) electrons. The molecule has 14 heavy (non-hydrogen) atoms. The normalized spacial score (nSPS) is 19.9. The highest BCUT2D eigenvalue weighted by Crippen LogP contribution is 2.28. The molecule has 0 aliphatic carbocycles. The summed E-state index contributed by atoms with van der Waals surface area (Å²) in [5, 5.41) is 0. The van der Waals surface area contributed by atoms with Gasteiger partial charge < -0.3 is 4.74 Å². The van der Waals surface area contributed by atoms with Crippen LogP contribution < -0.4 is 0 Å². The maximum Gasteiger partial charge on any atom is 0.216 e. The van der Waals surface area contributed by atoms with Crippen LogP contribution in [-0.2, 0) is 4.74 Å². The molecule has 1 atom stereocenters. The van der Waals surface area contributed by atoms with E-state index in [1.54, 1.807) is 7.11 Å². The molecule has 0 saturated carbocycles. The Morgan fingerprint density at radius 3 is 2.93 bits per heavy atom. The topological polar surface area (TPSA) is 21.6 Å². The molecular weight excluding hydrogens is 174 g/mol. The Kier molecular flexibility index (Phi) is 2.53. The summed E-state index contributed by atoms with van der Waals surface area (Å²) in [5.74, 6) is 1.34. The lowest BCUT2D eigenvalue weighted by molar-refractivity contribution is 0.397. The first kappa shape index (κ1) is 9.25. The monoisotopic (exact) mass is 189 g/mol. The fourth-order valence-corrected chi connectivity index (χ4v) is 1.95. The molecule has 0 aromatic heterocycles. The van der Waals surface area contributed by atoms with Gasteiger partial charge in [-0.05, 0) is 18.1 Å². The van der Waals surface area contributed by atoms with Gasteiger partial charge in [0.25, 0.3) is 0 Å². The summed E-state index contributed by atoms with van der Waals surface area (Å²) in [6.45, 7) is 3.06. The van der Waals surface area contributed by atoms with E-state index in [9.17, 15) is 0 Å². The van der Waals surface area contributed by atoms with Crippen molar-refractivity contribution in [2.75, 3.05) is 13.7 Å². The number of benzene rings is 1. The fraction of sp³-hybridized carbons (Fsp3) is 0.417. The van der Waals surface area contributed by atoms with Crippen molar-refractivity contribution in [2.24, 2.45) is 4.99 Å². The molecule has 0 amide bonds. The zero-order valence-corrected chi connectivity index (χ0v) is 8.66. The summed E-state index contributed by atoms with van der Waals surface area (Å²) in [7, 11) is 1.68. The number of rotatable bonds is 1. The number of fused-ring (bicyclic) bond motifs is 1. The molecule has 2 nitrogen and oxygen atoms in total. The summed E-state index contributed by atoms with van der Waals surface area (Å²) in [6, 6.07) is 8.38. The molecule has 1 aromatic carbocycles. The second kappa shape index (κ2) is 3.82. The number of ether oxygens (including phenoxy) is 1. The third-order valence-electron chi connectivity index (χ3n) is 2.77. The molecule has 0 spiro atoms. The van der Waals surface area contributed by atoms with Gasteiger partial charge in [-0.15, -0.1) is 0 Å². The second-order valence-corrected chi connectivity index (χ2v) is 3.54. The molecule has 1 aliphatic heterocycles. The largest absolute Gasteiger partial charge is 0.481 e. The third kappa shape index (κ3) is 1.41. The average molecular weight is 189 g/mol. The maximum atomic E-state index is 5.26. The Morgan fingerprint density at radius 1 is 1.43 bits per heavy atom. The van der Waals surface area contributed by atoms with E-state index in [0.29, 0.717) is 5.92 Å². The minimum atomic E-state index is 0.560. The molecule has 1 aliphatic rings. The van der Waals surface area contributed by atoms with Crippen molar-refractivity contribution in [3.63, 3.8) is 0 Å². The smallest absolute Gasteiger partial charge is 0.216 e. The molecule has 0 N–H and O–H groups in total. The minimum absolute atomic E-state index is 0.560. The highest BCUT2D eigenvalue weighted by molar-refractivity contribution is 5.96. The van der Waals surface area contributed by atoms with Crippen LogP contribution in [0.15, 0.2) is 29.3 Å². The molecule has 0 saturated heterocycles. The second-order valence-electron chi connectivity index (χ2n) is 3.54. The van der Waals surface area contributed by atoms with Crippen LogP contribution in [0.4, 0.5) is 0 Å². The van der Waals surface area contributed by atoms with Crippen LogP contribution in [0.1, 0.15) is 30.4 Å². The van der Waals surface area contributed by atoms with Gasteiger partial charge in [-0.1, -0.05) is 25.1 Å². The minimum Gasteiger partial charge on any atom is -0.481 e. The first-order valence-corrected chi connectivity index (χ1v) is 5.04. The van der Waals surface area contributed by atoms with E-state index in [1.165, 1.54) is 5.56 Å². The molecule has 1 unspecified atom stereocenters. The number of aliphatic imine (C=N–C) groups is 1. The summed E-state index contributed by atoms with van der Waals surface area (Å²) in [6.07, 6.45) is 1.14. The number of hydrogen-bond acceptors (Lipinski definition) is 2. The Bertz CT molecular complexity index is 357. The van der Waals surface area contributed by atoms with Crippen molar-refractivity contribution in [3.05, 3.63) is 35.4 Å². The highest BCUT2D eigenvalue weighted by Gasteiger charge is 2.21. The number of nitrogens with zero attached hydrogens (tertiary/aromatic N) is 1. The van der Waals surface area contributed by atoms with E-state index in [1.807, 2.05) is 6.07 Å². The van der Waals surface area contributed by atoms with E-state index in [2.05, 4.69) is 30.1 Å². The SMILES string of the molecule is CCC1CN=C(OC)c2ccccc21. The van der Waals surface area contributed by atoms with Gasteiger partial charge >= 0.3 is 0 Å². The van der Waals surface area contributed by atoms with Crippen LogP contribution in [0.5, 0.6) is 0 Å². The Morgan fingerprint density at radius 2 is 2.21 bits per heavy atom. The van der Waals surface area contributed by atoms with Gasteiger partial charge in [0.2, 0.25) is 5.90 Å².